The zero-order valence-electron chi connectivity index (χ0n) is 14.5. The van der Waals surface area contributed by atoms with E-state index in [-0.39, 0.29) is 17.2 Å². The average molecular weight is 356 g/mol. The fourth-order valence-corrected chi connectivity index (χ4v) is 3.20. The van der Waals surface area contributed by atoms with Gasteiger partial charge in [-0.15, -0.1) is 0 Å². The van der Waals surface area contributed by atoms with Gasteiger partial charge in [0.2, 0.25) is 5.91 Å². The minimum Gasteiger partial charge on any atom is -0.312 e. The zero-order chi connectivity index (χ0) is 18.4. The molecule has 2 aromatic rings. The van der Waals surface area contributed by atoms with Crippen molar-refractivity contribution in [1.82, 2.24) is 9.97 Å². The van der Waals surface area contributed by atoms with Crippen LogP contribution in [0.1, 0.15) is 30.7 Å². The van der Waals surface area contributed by atoms with E-state index in [0.29, 0.717) is 23.8 Å². The van der Waals surface area contributed by atoms with Gasteiger partial charge in [-0.1, -0.05) is 30.8 Å². The van der Waals surface area contributed by atoms with Crippen LogP contribution in [0.5, 0.6) is 0 Å². The maximum atomic E-state index is 12.6. The molecule has 0 radical (unpaired) electrons. The van der Waals surface area contributed by atoms with Crippen LogP contribution in [-0.2, 0) is 11.2 Å². The SMILES string of the molecule is CCc1nc(SCC(=O)N(CC)c2cccc(C)c2)[nH]c(=O)c1C#N. The molecule has 0 unspecified atom stereocenters. The summed E-state index contributed by atoms with van der Waals surface area (Å²) in [5.74, 6) is 0.0860. The molecule has 7 heteroatoms. The van der Waals surface area contributed by atoms with E-state index in [0.717, 1.165) is 11.3 Å². The Balaban J connectivity index is 2.15. The lowest BCUT2D eigenvalue weighted by molar-refractivity contribution is -0.116. The number of benzene rings is 1. The highest BCUT2D eigenvalue weighted by Gasteiger charge is 2.16. The number of hydrogen-bond donors (Lipinski definition) is 1. The van der Waals surface area contributed by atoms with Crippen LogP contribution in [0.3, 0.4) is 0 Å². The van der Waals surface area contributed by atoms with Crippen LogP contribution >= 0.6 is 11.8 Å². The molecule has 0 aliphatic rings. The highest BCUT2D eigenvalue weighted by molar-refractivity contribution is 7.99. The van der Waals surface area contributed by atoms with Crippen molar-refractivity contribution in [2.45, 2.75) is 32.3 Å². The summed E-state index contributed by atoms with van der Waals surface area (Å²) in [6.45, 7) is 6.29. The topological polar surface area (TPSA) is 89.8 Å². The molecule has 1 aromatic carbocycles. The molecule has 130 valence electrons. The van der Waals surface area contributed by atoms with Gasteiger partial charge < -0.3 is 9.88 Å². The molecule has 0 aliphatic heterocycles. The minimum atomic E-state index is -0.463. The Morgan fingerprint density at radius 1 is 1.40 bits per heavy atom. The Morgan fingerprint density at radius 2 is 2.16 bits per heavy atom. The average Bonchev–Trinajstić information content (AvgIpc) is 2.60. The third kappa shape index (κ3) is 4.48. The van der Waals surface area contributed by atoms with E-state index in [9.17, 15) is 9.59 Å². The van der Waals surface area contributed by atoms with Crippen LogP contribution in [-0.4, -0.2) is 28.2 Å². The normalized spacial score (nSPS) is 10.3. The van der Waals surface area contributed by atoms with Gasteiger partial charge in [-0.3, -0.25) is 9.59 Å². The molecule has 1 N–H and O–H groups in total. The fraction of sp³-hybridized carbons (Fsp3) is 0.333. The number of nitrogens with one attached hydrogen (secondary N) is 1. The Hall–Kier alpha value is -2.59. The molecule has 0 fully saturated rings. The van der Waals surface area contributed by atoms with E-state index in [1.54, 1.807) is 4.90 Å². The van der Waals surface area contributed by atoms with Crippen molar-refractivity contribution >= 4 is 23.4 Å². The molecule has 0 aliphatic carbocycles. The summed E-state index contributed by atoms with van der Waals surface area (Å²) in [6.07, 6.45) is 0.485. The zero-order valence-corrected chi connectivity index (χ0v) is 15.3. The van der Waals surface area contributed by atoms with Gasteiger partial charge in [0.05, 0.1) is 11.4 Å². The van der Waals surface area contributed by atoms with Gasteiger partial charge in [0.25, 0.3) is 5.56 Å². The number of amides is 1. The second kappa shape index (κ2) is 8.49. The number of carbonyl (C=O) groups excluding carboxylic acids is 1. The summed E-state index contributed by atoms with van der Waals surface area (Å²) in [4.78, 5) is 33.0. The maximum Gasteiger partial charge on any atom is 0.269 e. The summed E-state index contributed by atoms with van der Waals surface area (Å²) in [7, 11) is 0. The van der Waals surface area contributed by atoms with E-state index >= 15 is 0 Å². The first-order valence-corrected chi connectivity index (χ1v) is 9.01. The molecule has 1 amide bonds. The van der Waals surface area contributed by atoms with Crippen LogP contribution in [0.25, 0.3) is 0 Å². The van der Waals surface area contributed by atoms with Crippen LogP contribution in [0.4, 0.5) is 5.69 Å². The molecule has 0 atom stereocenters. The smallest absolute Gasteiger partial charge is 0.269 e. The van der Waals surface area contributed by atoms with E-state index in [1.807, 2.05) is 51.1 Å². The number of hydrogen-bond acceptors (Lipinski definition) is 5. The summed E-state index contributed by atoms with van der Waals surface area (Å²) >= 11 is 1.17. The molecular weight excluding hydrogens is 336 g/mol. The highest BCUT2D eigenvalue weighted by atomic mass is 32.2. The van der Waals surface area contributed by atoms with E-state index in [2.05, 4.69) is 9.97 Å². The molecule has 0 saturated carbocycles. The van der Waals surface area contributed by atoms with E-state index in [1.165, 1.54) is 11.8 Å². The standard InChI is InChI=1S/C18H20N4O2S/c1-4-15-14(10-19)17(24)21-18(20-15)25-11-16(23)22(5-2)13-8-6-7-12(3)9-13/h6-9H,4-5,11H2,1-3H3,(H,20,21,24). The predicted octanol–water partition coefficient (Wildman–Crippen LogP) is 2.66. The molecule has 2 rings (SSSR count). The van der Waals surface area contributed by atoms with Crippen LogP contribution in [0.2, 0.25) is 0 Å². The lowest BCUT2D eigenvalue weighted by Gasteiger charge is -2.21. The predicted molar refractivity (Wildman–Crippen MR) is 98.9 cm³/mol. The molecule has 0 spiro atoms. The maximum absolute atomic E-state index is 12.6. The molecule has 25 heavy (non-hydrogen) atoms. The number of anilines is 1. The van der Waals surface area contributed by atoms with Gasteiger partial charge in [0.15, 0.2) is 5.16 Å². The van der Waals surface area contributed by atoms with E-state index < -0.39 is 5.56 Å². The third-order valence-corrected chi connectivity index (χ3v) is 4.54. The number of carbonyl (C=O) groups is 1. The van der Waals surface area contributed by atoms with E-state index in [4.69, 9.17) is 5.26 Å². The number of aromatic nitrogens is 2. The molecule has 1 heterocycles. The number of H-pyrrole nitrogens is 1. The van der Waals surface area contributed by atoms with Gasteiger partial charge in [0.1, 0.15) is 11.6 Å². The van der Waals surface area contributed by atoms with Crippen LogP contribution < -0.4 is 10.5 Å². The monoisotopic (exact) mass is 356 g/mol. The van der Waals surface area contributed by atoms with Crippen LogP contribution in [0, 0.1) is 18.3 Å². The first-order valence-electron chi connectivity index (χ1n) is 8.03. The van der Waals surface area contributed by atoms with Gasteiger partial charge in [-0.2, -0.15) is 5.26 Å². The Morgan fingerprint density at radius 3 is 2.76 bits per heavy atom. The largest absolute Gasteiger partial charge is 0.312 e. The van der Waals surface area contributed by atoms with Gasteiger partial charge in [0, 0.05) is 12.2 Å². The number of aromatic amines is 1. The van der Waals surface area contributed by atoms with Crippen molar-refractivity contribution in [2.75, 3.05) is 17.2 Å². The number of nitrogens with zero attached hydrogens (tertiary/aromatic N) is 3. The highest BCUT2D eigenvalue weighted by Crippen LogP contribution is 2.19. The fourth-order valence-electron chi connectivity index (χ4n) is 2.44. The van der Waals surface area contributed by atoms with Gasteiger partial charge in [-0.05, 0) is 38.0 Å². The number of thioether (sulfide) groups is 1. The van der Waals surface area contributed by atoms with Crippen molar-refractivity contribution in [2.24, 2.45) is 0 Å². The summed E-state index contributed by atoms with van der Waals surface area (Å²) in [5, 5.41) is 9.37. The molecule has 6 nitrogen and oxygen atoms in total. The summed E-state index contributed by atoms with van der Waals surface area (Å²) in [6, 6.07) is 9.63. The summed E-state index contributed by atoms with van der Waals surface area (Å²) in [5.41, 5.74) is 1.96. The third-order valence-electron chi connectivity index (χ3n) is 3.68. The van der Waals surface area contributed by atoms with Crippen molar-refractivity contribution in [3.63, 3.8) is 0 Å². The Labute approximate surface area is 150 Å². The number of rotatable bonds is 6. The number of nitriles is 1. The second-order valence-electron chi connectivity index (χ2n) is 5.42. The van der Waals surface area contributed by atoms with Crippen molar-refractivity contribution in [1.29, 1.82) is 5.26 Å². The van der Waals surface area contributed by atoms with Crippen molar-refractivity contribution in [3.8, 4) is 6.07 Å². The molecular formula is C18H20N4O2S. The quantitative estimate of drug-likeness (QED) is 0.635. The first-order chi connectivity index (χ1) is 12.0. The Kier molecular flexibility index (Phi) is 6.37. The van der Waals surface area contributed by atoms with Crippen molar-refractivity contribution in [3.05, 3.63) is 51.4 Å². The van der Waals surface area contributed by atoms with Crippen LogP contribution in [0.15, 0.2) is 34.2 Å². The summed E-state index contributed by atoms with van der Waals surface area (Å²) < 4.78 is 0. The number of aryl methyl sites for hydroxylation is 2. The molecule has 1 aromatic heterocycles. The molecule has 0 bridgehead atoms. The van der Waals surface area contributed by atoms with Crippen molar-refractivity contribution < 1.29 is 4.79 Å². The van der Waals surface area contributed by atoms with Gasteiger partial charge >= 0.3 is 0 Å². The minimum absolute atomic E-state index is 0.0353. The molecule has 0 saturated heterocycles. The second-order valence-corrected chi connectivity index (χ2v) is 6.39. The first kappa shape index (κ1) is 18.7. The lowest BCUT2D eigenvalue weighted by Crippen LogP contribution is -2.32. The van der Waals surface area contributed by atoms with Gasteiger partial charge in [-0.25, -0.2) is 4.98 Å². The Bertz CT molecular complexity index is 870. The lowest BCUT2D eigenvalue weighted by atomic mass is 10.2.